The summed E-state index contributed by atoms with van der Waals surface area (Å²) in [5.74, 6) is 1.36. The molecule has 3 N–H and O–H groups in total. The van der Waals surface area contributed by atoms with Crippen LogP contribution in [0.2, 0.25) is 0 Å². The van der Waals surface area contributed by atoms with E-state index in [2.05, 4.69) is 15.3 Å². The fourth-order valence-corrected chi connectivity index (χ4v) is 3.70. The van der Waals surface area contributed by atoms with Crippen molar-refractivity contribution < 1.29 is 9.53 Å². The molecule has 0 bridgehead atoms. The number of anilines is 2. The Balaban J connectivity index is 1.62. The minimum Gasteiger partial charge on any atom is -0.378 e. The second-order valence-corrected chi connectivity index (χ2v) is 7.53. The fraction of sp³-hybridized carbons (Fsp3) is 0.227. The average molecular weight is 430 g/mol. The largest absolute Gasteiger partial charge is 0.378 e. The Morgan fingerprint density at radius 2 is 1.84 bits per heavy atom. The first-order valence-corrected chi connectivity index (χ1v) is 10.2. The van der Waals surface area contributed by atoms with Crippen molar-refractivity contribution in [2.24, 2.45) is 12.8 Å². The first kappa shape index (κ1) is 19.9. The molecule has 10 heteroatoms. The predicted octanol–water partition coefficient (Wildman–Crippen LogP) is 2.42. The lowest BCUT2D eigenvalue weighted by molar-refractivity contribution is 0.122. The van der Waals surface area contributed by atoms with Gasteiger partial charge in [-0.15, -0.1) is 0 Å². The van der Waals surface area contributed by atoms with E-state index in [0.717, 1.165) is 46.6 Å². The zero-order chi connectivity index (χ0) is 22.1. The van der Waals surface area contributed by atoms with Crippen LogP contribution in [0.5, 0.6) is 0 Å². The van der Waals surface area contributed by atoms with E-state index in [1.165, 1.54) is 0 Å². The number of amides is 2. The minimum absolute atomic E-state index is 0.578. The summed E-state index contributed by atoms with van der Waals surface area (Å²) in [5, 5.41) is 6.81. The minimum atomic E-state index is -0.608. The second-order valence-electron chi connectivity index (χ2n) is 7.53. The lowest BCUT2D eigenvalue weighted by atomic mass is 10.1. The Labute approximate surface area is 184 Å². The molecule has 1 aliphatic rings. The molecule has 1 aliphatic heterocycles. The molecule has 0 spiro atoms. The van der Waals surface area contributed by atoms with Crippen molar-refractivity contribution in [3.8, 4) is 22.5 Å². The molecule has 1 saturated heterocycles. The molecule has 0 atom stereocenters. The lowest BCUT2D eigenvalue weighted by Crippen LogP contribution is -2.37. The third-order valence-corrected chi connectivity index (χ3v) is 5.28. The number of pyridine rings is 1. The Kier molecular flexibility index (Phi) is 5.12. The number of carbonyl (C=O) groups is 1. The Morgan fingerprint density at radius 3 is 2.53 bits per heavy atom. The molecule has 4 aromatic rings. The number of hydrogen-bond donors (Lipinski definition) is 2. The highest BCUT2D eigenvalue weighted by Crippen LogP contribution is 2.30. The maximum atomic E-state index is 11.1. The summed E-state index contributed by atoms with van der Waals surface area (Å²) in [7, 11) is 1.88. The van der Waals surface area contributed by atoms with Crippen LogP contribution in [0.15, 0.2) is 48.9 Å². The molecule has 0 unspecified atom stereocenters. The summed E-state index contributed by atoms with van der Waals surface area (Å²) in [6.45, 7) is 2.75. The van der Waals surface area contributed by atoms with Gasteiger partial charge in [0.15, 0.2) is 11.6 Å². The highest BCUT2D eigenvalue weighted by atomic mass is 16.5. The van der Waals surface area contributed by atoms with E-state index in [1.54, 1.807) is 23.0 Å². The SMILES string of the molecule is Cn1cc(-c2cnc3c(N4CCOCC4)nc(-c4ccc(NC(N)=O)cc4)nc3c2)cn1. The molecule has 4 heterocycles. The van der Waals surface area contributed by atoms with Crippen molar-refractivity contribution in [3.05, 3.63) is 48.9 Å². The number of ether oxygens (including phenoxy) is 1. The van der Waals surface area contributed by atoms with Gasteiger partial charge in [0, 0.05) is 54.9 Å². The van der Waals surface area contributed by atoms with Gasteiger partial charge in [0.25, 0.3) is 0 Å². The van der Waals surface area contributed by atoms with E-state index in [9.17, 15) is 4.79 Å². The number of nitrogens with one attached hydrogen (secondary N) is 1. The first-order valence-electron chi connectivity index (χ1n) is 10.2. The van der Waals surface area contributed by atoms with Gasteiger partial charge in [-0.25, -0.2) is 14.8 Å². The van der Waals surface area contributed by atoms with Gasteiger partial charge >= 0.3 is 6.03 Å². The summed E-state index contributed by atoms with van der Waals surface area (Å²) in [5.41, 5.74) is 10.0. The number of fused-ring (bicyclic) bond motifs is 1. The Hall–Kier alpha value is -4.05. The molecular formula is C22H22N8O2. The molecule has 1 fully saturated rings. The molecule has 0 saturated carbocycles. The van der Waals surface area contributed by atoms with Gasteiger partial charge in [-0.1, -0.05) is 0 Å². The molecule has 0 radical (unpaired) electrons. The summed E-state index contributed by atoms with van der Waals surface area (Å²) in [6, 6.07) is 8.65. The monoisotopic (exact) mass is 430 g/mol. The van der Waals surface area contributed by atoms with E-state index < -0.39 is 6.03 Å². The molecule has 2 amide bonds. The van der Waals surface area contributed by atoms with Crippen molar-refractivity contribution in [2.75, 3.05) is 36.5 Å². The van der Waals surface area contributed by atoms with Crippen LogP contribution in [-0.2, 0) is 11.8 Å². The van der Waals surface area contributed by atoms with Crippen LogP contribution < -0.4 is 16.0 Å². The zero-order valence-electron chi connectivity index (χ0n) is 17.5. The topological polar surface area (TPSA) is 124 Å². The van der Waals surface area contributed by atoms with Gasteiger partial charge in [0.2, 0.25) is 0 Å². The Morgan fingerprint density at radius 1 is 1.06 bits per heavy atom. The molecule has 10 nitrogen and oxygen atoms in total. The third kappa shape index (κ3) is 3.95. The predicted molar refractivity (Wildman–Crippen MR) is 121 cm³/mol. The van der Waals surface area contributed by atoms with Crippen molar-refractivity contribution in [1.82, 2.24) is 24.7 Å². The number of primary amides is 1. The summed E-state index contributed by atoms with van der Waals surface area (Å²) in [6.07, 6.45) is 5.58. The first-order chi connectivity index (χ1) is 15.6. The van der Waals surface area contributed by atoms with E-state index in [4.69, 9.17) is 25.4 Å². The highest BCUT2D eigenvalue weighted by Gasteiger charge is 2.19. The van der Waals surface area contributed by atoms with Crippen LogP contribution in [0.25, 0.3) is 33.5 Å². The lowest BCUT2D eigenvalue weighted by Gasteiger charge is -2.28. The molecule has 3 aromatic heterocycles. The maximum Gasteiger partial charge on any atom is 0.316 e. The maximum absolute atomic E-state index is 11.1. The van der Waals surface area contributed by atoms with Crippen LogP contribution in [0, 0.1) is 0 Å². The normalized spacial score (nSPS) is 14.0. The fourth-order valence-electron chi connectivity index (χ4n) is 3.70. The molecule has 5 rings (SSSR count). The number of hydrogen-bond acceptors (Lipinski definition) is 7. The number of nitrogens with two attached hydrogens (primary N) is 1. The number of benzene rings is 1. The van der Waals surface area contributed by atoms with Gasteiger partial charge in [-0.3, -0.25) is 9.67 Å². The molecule has 0 aliphatic carbocycles. The molecule has 1 aromatic carbocycles. The number of aryl methyl sites for hydroxylation is 1. The summed E-state index contributed by atoms with van der Waals surface area (Å²) in [4.78, 5) is 27.7. The number of aromatic nitrogens is 5. The zero-order valence-corrected chi connectivity index (χ0v) is 17.5. The van der Waals surface area contributed by atoms with Crippen molar-refractivity contribution in [3.63, 3.8) is 0 Å². The summed E-state index contributed by atoms with van der Waals surface area (Å²) < 4.78 is 7.27. The van der Waals surface area contributed by atoms with E-state index in [0.29, 0.717) is 24.7 Å². The standard InChI is InChI=1S/C22H22N8O2/c1-29-13-16(12-25-29)15-10-18-19(24-11-15)21(30-6-8-32-9-7-30)28-20(27-18)14-2-4-17(5-3-14)26-22(23)31/h2-5,10-13H,6-9H2,1H3,(H3,23,26,31). The number of rotatable bonds is 4. The van der Waals surface area contributed by atoms with Crippen LogP contribution in [0.4, 0.5) is 16.3 Å². The van der Waals surface area contributed by atoms with Gasteiger partial charge in [0.05, 0.1) is 24.9 Å². The van der Waals surface area contributed by atoms with E-state index in [-0.39, 0.29) is 0 Å². The van der Waals surface area contributed by atoms with Crippen molar-refractivity contribution >= 4 is 28.6 Å². The van der Waals surface area contributed by atoms with Crippen molar-refractivity contribution in [2.45, 2.75) is 0 Å². The quantitative estimate of drug-likeness (QED) is 0.509. The van der Waals surface area contributed by atoms with Gasteiger partial charge in [-0.05, 0) is 30.3 Å². The molecule has 32 heavy (non-hydrogen) atoms. The Bertz CT molecular complexity index is 1280. The second kappa shape index (κ2) is 8.23. The van der Waals surface area contributed by atoms with Gasteiger partial charge in [-0.2, -0.15) is 5.10 Å². The molecular weight excluding hydrogens is 408 g/mol. The van der Waals surface area contributed by atoms with Crippen LogP contribution in [0.3, 0.4) is 0 Å². The van der Waals surface area contributed by atoms with Crippen LogP contribution >= 0.6 is 0 Å². The van der Waals surface area contributed by atoms with Crippen LogP contribution in [0.1, 0.15) is 0 Å². The van der Waals surface area contributed by atoms with E-state index >= 15 is 0 Å². The molecule has 162 valence electrons. The van der Waals surface area contributed by atoms with Crippen molar-refractivity contribution in [1.29, 1.82) is 0 Å². The van der Waals surface area contributed by atoms with Gasteiger partial charge < -0.3 is 20.7 Å². The number of nitrogens with zero attached hydrogens (tertiary/aromatic N) is 6. The highest BCUT2D eigenvalue weighted by molar-refractivity contribution is 5.91. The number of urea groups is 1. The van der Waals surface area contributed by atoms with E-state index in [1.807, 2.05) is 37.6 Å². The van der Waals surface area contributed by atoms with Gasteiger partial charge in [0.1, 0.15) is 5.52 Å². The van der Waals surface area contributed by atoms with Crippen LogP contribution in [-0.4, -0.2) is 57.1 Å². The number of morpholine rings is 1. The third-order valence-electron chi connectivity index (χ3n) is 5.28. The average Bonchev–Trinajstić information content (AvgIpc) is 3.25. The smallest absolute Gasteiger partial charge is 0.316 e. The number of carbonyl (C=O) groups excluding carboxylic acids is 1. The summed E-state index contributed by atoms with van der Waals surface area (Å²) >= 11 is 0.